The Labute approximate surface area is 213 Å². The molecule has 35 heavy (non-hydrogen) atoms. The zero-order chi connectivity index (χ0) is 25.1. The highest BCUT2D eigenvalue weighted by Crippen LogP contribution is 2.67. The summed E-state index contributed by atoms with van der Waals surface area (Å²) in [6, 6.07) is 0. The first-order valence-corrected chi connectivity index (χ1v) is 14.5. The molecule has 204 valence electrons. The van der Waals surface area contributed by atoms with Gasteiger partial charge in [-0.3, -0.25) is 0 Å². The van der Waals surface area contributed by atoms with E-state index in [0.717, 1.165) is 71.0 Å². The Balaban J connectivity index is 1.60. The minimum absolute atomic E-state index is 0.0802. The zero-order valence-corrected chi connectivity index (χ0v) is 22.3. The lowest BCUT2D eigenvalue weighted by atomic mass is 9.43. The number of nitrogens with two attached hydrogens (primary N) is 3. The molecule has 4 aliphatic rings. The third kappa shape index (κ3) is 5.34. The summed E-state index contributed by atoms with van der Waals surface area (Å²) in [5.41, 5.74) is 17.3. The highest BCUT2D eigenvalue weighted by Gasteiger charge is 2.66. The monoisotopic (exact) mass is 495 g/mol. The van der Waals surface area contributed by atoms with E-state index in [4.69, 9.17) is 31.4 Å². The molecule has 0 aliphatic heterocycles. The summed E-state index contributed by atoms with van der Waals surface area (Å²) in [5, 5.41) is 11.2. The number of aliphatic hydroxyl groups excluding tert-OH is 1. The summed E-state index contributed by atoms with van der Waals surface area (Å²) in [5.74, 6) is 2.03. The van der Waals surface area contributed by atoms with E-state index >= 15 is 0 Å². The average Bonchev–Trinajstić information content (AvgIpc) is 3.15. The van der Waals surface area contributed by atoms with Gasteiger partial charge in [-0.25, -0.2) is 0 Å². The van der Waals surface area contributed by atoms with E-state index in [1.165, 1.54) is 6.42 Å². The maximum Gasteiger partial charge on any atom is 0.0659 e. The van der Waals surface area contributed by atoms with Crippen molar-refractivity contribution in [1.29, 1.82) is 0 Å². The van der Waals surface area contributed by atoms with Crippen LogP contribution >= 0.6 is 0 Å². The Morgan fingerprint density at radius 1 is 0.771 bits per heavy atom. The lowest BCUT2D eigenvalue weighted by molar-refractivity contribution is -0.230. The molecule has 0 aromatic carbocycles. The van der Waals surface area contributed by atoms with Crippen molar-refractivity contribution < 1.29 is 19.3 Å². The number of fused-ring (bicyclic) bond motifs is 5. The minimum Gasteiger partial charge on any atom is -0.392 e. The van der Waals surface area contributed by atoms with E-state index in [0.29, 0.717) is 56.0 Å². The van der Waals surface area contributed by atoms with Gasteiger partial charge in [0.15, 0.2) is 0 Å². The molecule has 0 spiro atoms. The highest BCUT2D eigenvalue weighted by atomic mass is 16.5. The number of hydrogen-bond acceptors (Lipinski definition) is 7. The van der Waals surface area contributed by atoms with Gasteiger partial charge in [-0.1, -0.05) is 13.8 Å². The van der Waals surface area contributed by atoms with Gasteiger partial charge in [0.25, 0.3) is 0 Å². The maximum absolute atomic E-state index is 11.2. The van der Waals surface area contributed by atoms with Gasteiger partial charge in [-0.05, 0) is 113 Å². The standard InChI is InChI=1S/C28H53N3O4/c1-27-9-8-20(33-13-3-10-29)16-19(27)17-23(34-14-4-11-30)26-21-6-7-24(32)28(21,2)25(18-22(26)27)35-15-5-12-31/h19-26,32H,3-18,29-31H2,1-2H3/t19-,20?,21-,22-,23+,24-,25-,26-,27-,28-/m0/s1. The van der Waals surface area contributed by atoms with E-state index in [2.05, 4.69) is 13.8 Å². The summed E-state index contributed by atoms with van der Waals surface area (Å²) in [6.45, 7) is 9.01. The fourth-order valence-corrected chi connectivity index (χ4v) is 8.63. The van der Waals surface area contributed by atoms with E-state index in [-0.39, 0.29) is 29.1 Å². The Bertz CT molecular complexity index is 668. The van der Waals surface area contributed by atoms with Gasteiger partial charge in [0.1, 0.15) is 0 Å². The Kier molecular flexibility index (Phi) is 9.56. The maximum atomic E-state index is 11.2. The van der Waals surface area contributed by atoms with Crippen LogP contribution in [0.2, 0.25) is 0 Å². The third-order valence-electron chi connectivity index (χ3n) is 10.7. The van der Waals surface area contributed by atoms with Crippen LogP contribution in [0.5, 0.6) is 0 Å². The zero-order valence-electron chi connectivity index (χ0n) is 22.3. The smallest absolute Gasteiger partial charge is 0.0659 e. The Morgan fingerprint density at radius 3 is 2.11 bits per heavy atom. The van der Waals surface area contributed by atoms with Crippen molar-refractivity contribution in [2.45, 2.75) is 102 Å². The minimum atomic E-state index is -0.307. The van der Waals surface area contributed by atoms with Crippen molar-refractivity contribution in [2.75, 3.05) is 39.5 Å². The van der Waals surface area contributed by atoms with Crippen LogP contribution in [0.1, 0.15) is 78.1 Å². The second-order valence-electron chi connectivity index (χ2n) is 12.4. The number of ether oxygens (including phenoxy) is 3. The largest absolute Gasteiger partial charge is 0.392 e. The molecule has 7 heteroatoms. The molecule has 0 bridgehead atoms. The molecule has 0 aromatic rings. The summed E-state index contributed by atoms with van der Waals surface area (Å²) in [6.07, 6.45) is 10.5. The first-order valence-electron chi connectivity index (χ1n) is 14.5. The van der Waals surface area contributed by atoms with Gasteiger partial charge >= 0.3 is 0 Å². The molecule has 4 saturated carbocycles. The molecule has 4 rings (SSSR count). The fourth-order valence-electron chi connectivity index (χ4n) is 8.63. The molecule has 1 unspecified atom stereocenters. The second-order valence-corrected chi connectivity index (χ2v) is 12.4. The predicted molar refractivity (Wildman–Crippen MR) is 139 cm³/mol. The van der Waals surface area contributed by atoms with Gasteiger partial charge in [0.2, 0.25) is 0 Å². The van der Waals surface area contributed by atoms with E-state index < -0.39 is 0 Å². The molecule has 4 fully saturated rings. The molecule has 0 aromatic heterocycles. The van der Waals surface area contributed by atoms with Gasteiger partial charge in [-0.2, -0.15) is 0 Å². The van der Waals surface area contributed by atoms with Crippen molar-refractivity contribution >= 4 is 0 Å². The Morgan fingerprint density at radius 2 is 1.43 bits per heavy atom. The summed E-state index contributed by atoms with van der Waals surface area (Å²) in [7, 11) is 0. The molecule has 0 amide bonds. The molecule has 7 N–H and O–H groups in total. The molecular weight excluding hydrogens is 442 g/mol. The van der Waals surface area contributed by atoms with Crippen LogP contribution < -0.4 is 17.2 Å². The first kappa shape index (κ1) is 27.7. The van der Waals surface area contributed by atoms with E-state index in [1.807, 2.05) is 0 Å². The molecule has 10 atom stereocenters. The van der Waals surface area contributed by atoms with Crippen LogP contribution in [-0.2, 0) is 14.2 Å². The van der Waals surface area contributed by atoms with Crippen molar-refractivity contribution in [3.8, 4) is 0 Å². The van der Waals surface area contributed by atoms with Crippen LogP contribution in [0.15, 0.2) is 0 Å². The van der Waals surface area contributed by atoms with Crippen molar-refractivity contribution in [1.82, 2.24) is 0 Å². The molecule has 0 heterocycles. The van der Waals surface area contributed by atoms with E-state index in [9.17, 15) is 5.11 Å². The normalized spacial score (nSPS) is 45.1. The number of rotatable bonds is 12. The molecule has 0 saturated heterocycles. The van der Waals surface area contributed by atoms with Crippen LogP contribution in [0.3, 0.4) is 0 Å². The van der Waals surface area contributed by atoms with Gasteiger partial charge in [0, 0.05) is 25.2 Å². The van der Waals surface area contributed by atoms with Crippen LogP contribution in [0.4, 0.5) is 0 Å². The third-order valence-corrected chi connectivity index (χ3v) is 10.7. The first-order chi connectivity index (χ1) is 16.9. The Hall–Kier alpha value is -0.280. The van der Waals surface area contributed by atoms with Crippen LogP contribution in [0.25, 0.3) is 0 Å². The van der Waals surface area contributed by atoms with Crippen molar-refractivity contribution in [2.24, 2.45) is 51.7 Å². The lowest BCUT2D eigenvalue weighted by Crippen LogP contribution is -2.63. The molecular formula is C28H53N3O4. The topological polar surface area (TPSA) is 126 Å². The van der Waals surface area contributed by atoms with E-state index in [1.54, 1.807) is 0 Å². The van der Waals surface area contributed by atoms with Crippen molar-refractivity contribution in [3.05, 3.63) is 0 Å². The van der Waals surface area contributed by atoms with Crippen molar-refractivity contribution in [3.63, 3.8) is 0 Å². The van der Waals surface area contributed by atoms with Crippen LogP contribution in [0, 0.1) is 34.5 Å². The summed E-state index contributed by atoms with van der Waals surface area (Å²) in [4.78, 5) is 0. The SMILES string of the molecule is C[C@]12CCC(OCCCN)C[C@H]1C[C@@H](OCCCN)[C@@H]1[C@@H]2C[C@H](OCCCN)[C@]2(C)[C@@H](O)CC[C@@H]12. The van der Waals surface area contributed by atoms with Gasteiger partial charge < -0.3 is 36.5 Å². The number of aliphatic hydroxyl groups is 1. The molecule has 0 radical (unpaired) electrons. The summed E-state index contributed by atoms with van der Waals surface area (Å²) < 4.78 is 19.5. The summed E-state index contributed by atoms with van der Waals surface area (Å²) >= 11 is 0. The fraction of sp³-hybridized carbons (Fsp3) is 1.00. The molecule has 4 aliphatic carbocycles. The van der Waals surface area contributed by atoms with Gasteiger partial charge in [-0.15, -0.1) is 0 Å². The van der Waals surface area contributed by atoms with Crippen LogP contribution in [-0.4, -0.2) is 69.0 Å². The second kappa shape index (κ2) is 12.1. The quantitative estimate of drug-likeness (QED) is 0.307. The molecule has 7 nitrogen and oxygen atoms in total. The predicted octanol–water partition coefficient (Wildman–Crippen LogP) is 2.81. The highest BCUT2D eigenvalue weighted by molar-refractivity contribution is 5.15. The van der Waals surface area contributed by atoms with Gasteiger partial charge in [0.05, 0.1) is 24.4 Å². The lowest BCUT2D eigenvalue weighted by Gasteiger charge is -2.64. The number of hydrogen-bond donors (Lipinski definition) is 4. The average molecular weight is 496 g/mol.